The minimum atomic E-state index is -0.341. The molecule has 0 saturated carbocycles. The Hall–Kier alpha value is -2.53. The summed E-state index contributed by atoms with van der Waals surface area (Å²) in [5, 5.41) is 19.1. The van der Waals surface area contributed by atoms with Crippen LogP contribution in [0.15, 0.2) is 41.4 Å². The number of aliphatic imine (C=N–C) groups is 1. The highest BCUT2D eigenvalue weighted by Crippen LogP contribution is 2.25. The number of nitrogens with zero attached hydrogens (tertiary/aromatic N) is 1. The summed E-state index contributed by atoms with van der Waals surface area (Å²) in [5.41, 5.74) is 0.932. The van der Waals surface area contributed by atoms with E-state index in [9.17, 15) is 15.0 Å². The first-order chi connectivity index (χ1) is 10.5. The average molecular weight is 320 g/mol. The van der Waals surface area contributed by atoms with Gasteiger partial charge in [0, 0.05) is 22.4 Å². The van der Waals surface area contributed by atoms with Crippen molar-refractivity contribution in [3.05, 3.63) is 52.5 Å². The van der Waals surface area contributed by atoms with Crippen molar-refractivity contribution < 1.29 is 19.7 Å². The molecule has 5 nitrogen and oxygen atoms in total. The Kier molecular flexibility index (Phi) is 5.01. The third-order valence-electron chi connectivity index (χ3n) is 2.95. The molecule has 0 aliphatic rings. The molecule has 114 valence electrons. The number of rotatable bonds is 5. The lowest BCUT2D eigenvalue weighted by atomic mass is 10.1. The molecule has 2 aromatic rings. The fourth-order valence-electron chi connectivity index (χ4n) is 1.82. The molecule has 2 rings (SSSR count). The normalized spacial score (nSPS) is 10.8. The summed E-state index contributed by atoms with van der Waals surface area (Å²) >= 11 is 5.91. The van der Waals surface area contributed by atoms with Crippen LogP contribution in [-0.2, 0) is 0 Å². The van der Waals surface area contributed by atoms with E-state index in [0.717, 1.165) is 0 Å². The molecule has 0 aliphatic heterocycles. The van der Waals surface area contributed by atoms with Crippen molar-refractivity contribution in [1.29, 1.82) is 0 Å². The van der Waals surface area contributed by atoms with Crippen molar-refractivity contribution >= 4 is 23.6 Å². The molecule has 2 aromatic carbocycles. The first kappa shape index (κ1) is 15.9. The zero-order valence-corrected chi connectivity index (χ0v) is 12.5. The van der Waals surface area contributed by atoms with Gasteiger partial charge in [-0.2, -0.15) is 0 Å². The van der Waals surface area contributed by atoms with Crippen LogP contribution in [-0.4, -0.2) is 35.9 Å². The van der Waals surface area contributed by atoms with Crippen molar-refractivity contribution in [2.75, 3.05) is 13.7 Å². The Morgan fingerprint density at radius 3 is 2.68 bits per heavy atom. The van der Waals surface area contributed by atoms with Crippen molar-refractivity contribution in [2.24, 2.45) is 4.99 Å². The van der Waals surface area contributed by atoms with Gasteiger partial charge in [0.15, 0.2) is 17.3 Å². The summed E-state index contributed by atoms with van der Waals surface area (Å²) in [7, 11) is 1.53. The van der Waals surface area contributed by atoms with Gasteiger partial charge in [-0.15, -0.1) is 0 Å². The molecule has 0 radical (unpaired) electrons. The number of phenolic OH excluding ortho intramolecular Hbond substituents is 2. The number of carbonyl (C=O) groups is 1. The Bertz CT molecular complexity index is 728. The molecule has 22 heavy (non-hydrogen) atoms. The first-order valence-electron chi connectivity index (χ1n) is 6.40. The summed E-state index contributed by atoms with van der Waals surface area (Å²) in [6, 6.07) is 8.97. The van der Waals surface area contributed by atoms with Gasteiger partial charge in [0.2, 0.25) is 0 Å². The van der Waals surface area contributed by atoms with Gasteiger partial charge in [0.1, 0.15) is 12.3 Å². The molecule has 0 spiro atoms. The van der Waals surface area contributed by atoms with E-state index in [4.69, 9.17) is 16.3 Å². The van der Waals surface area contributed by atoms with Crippen LogP contribution >= 0.6 is 11.6 Å². The highest BCUT2D eigenvalue weighted by atomic mass is 35.5. The summed E-state index contributed by atoms with van der Waals surface area (Å²) < 4.78 is 5.18. The van der Waals surface area contributed by atoms with Crippen molar-refractivity contribution in [3.8, 4) is 17.2 Å². The van der Waals surface area contributed by atoms with Crippen molar-refractivity contribution in [3.63, 3.8) is 0 Å². The lowest BCUT2D eigenvalue weighted by molar-refractivity contribution is 0.100. The van der Waals surface area contributed by atoms with E-state index in [1.807, 2.05) is 0 Å². The van der Waals surface area contributed by atoms with Gasteiger partial charge >= 0.3 is 0 Å². The van der Waals surface area contributed by atoms with E-state index in [1.54, 1.807) is 18.2 Å². The number of halogens is 1. The topological polar surface area (TPSA) is 79.1 Å². The molecule has 0 amide bonds. The number of Topliss-reactive ketones (excluding diaryl/α,β-unsaturated/α-hetero) is 1. The molecule has 0 aliphatic carbocycles. The second kappa shape index (κ2) is 6.95. The predicted octanol–water partition coefficient (Wildman–Crippen LogP) is 3.06. The van der Waals surface area contributed by atoms with Crippen LogP contribution in [0.25, 0.3) is 0 Å². The van der Waals surface area contributed by atoms with E-state index in [1.165, 1.54) is 31.5 Å². The third-order valence-corrected chi connectivity index (χ3v) is 3.19. The monoisotopic (exact) mass is 319 g/mol. The maximum Gasteiger partial charge on any atom is 0.184 e. The van der Waals surface area contributed by atoms with Crippen LogP contribution in [0.1, 0.15) is 15.9 Å². The highest BCUT2D eigenvalue weighted by Gasteiger charge is 2.08. The summed E-state index contributed by atoms with van der Waals surface area (Å²) in [6.45, 7) is -0.0973. The van der Waals surface area contributed by atoms with Crippen LogP contribution in [0.3, 0.4) is 0 Å². The molecule has 0 aromatic heterocycles. The van der Waals surface area contributed by atoms with Gasteiger partial charge in [0.05, 0.1) is 7.11 Å². The van der Waals surface area contributed by atoms with Gasteiger partial charge in [-0.3, -0.25) is 9.79 Å². The zero-order valence-electron chi connectivity index (χ0n) is 11.8. The van der Waals surface area contributed by atoms with E-state index in [0.29, 0.717) is 16.3 Å². The molecule has 0 heterocycles. The van der Waals surface area contributed by atoms with Gasteiger partial charge < -0.3 is 14.9 Å². The second-order valence-electron chi connectivity index (χ2n) is 4.48. The molecule has 6 heteroatoms. The number of benzene rings is 2. The van der Waals surface area contributed by atoms with Crippen molar-refractivity contribution in [2.45, 2.75) is 0 Å². The standard InChI is InChI=1S/C16H14ClNO4/c1-22-16-5-3-12(17)6-11(16)8-18-9-15(21)10-2-4-13(19)14(20)7-10/h2-8,19-20H,9H2,1H3. The second-order valence-corrected chi connectivity index (χ2v) is 4.92. The maximum absolute atomic E-state index is 12.0. The molecular formula is C16H14ClNO4. The van der Waals surface area contributed by atoms with Crippen LogP contribution in [0.4, 0.5) is 0 Å². The average Bonchev–Trinajstić information content (AvgIpc) is 2.50. The number of aromatic hydroxyl groups is 2. The first-order valence-corrected chi connectivity index (χ1v) is 6.77. The molecule has 0 bridgehead atoms. The van der Waals surface area contributed by atoms with Crippen LogP contribution < -0.4 is 4.74 Å². The zero-order chi connectivity index (χ0) is 16.1. The largest absolute Gasteiger partial charge is 0.504 e. The van der Waals surface area contributed by atoms with Gasteiger partial charge in [-0.25, -0.2) is 0 Å². The molecule has 0 fully saturated rings. The maximum atomic E-state index is 12.0. The minimum absolute atomic E-state index is 0.0973. The number of carbonyl (C=O) groups excluding carboxylic acids is 1. The molecule has 2 N–H and O–H groups in total. The summed E-state index contributed by atoms with van der Waals surface area (Å²) in [4.78, 5) is 16.0. The molecular weight excluding hydrogens is 306 g/mol. The Labute approximate surface area is 132 Å². The minimum Gasteiger partial charge on any atom is -0.504 e. The fourth-order valence-corrected chi connectivity index (χ4v) is 2.00. The number of ether oxygens (including phenoxy) is 1. The number of phenols is 2. The number of hydrogen-bond acceptors (Lipinski definition) is 5. The van der Waals surface area contributed by atoms with Crippen LogP contribution in [0.2, 0.25) is 5.02 Å². The highest BCUT2D eigenvalue weighted by molar-refractivity contribution is 6.30. The number of hydrogen-bond donors (Lipinski definition) is 2. The molecule has 0 atom stereocenters. The smallest absolute Gasteiger partial charge is 0.184 e. The molecule has 0 unspecified atom stereocenters. The third kappa shape index (κ3) is 3.77. The van der Waals surface area contributed by atoms with Gasteiger partial charge in [0.25, 0.3) is 0 Å². The Balaban J connectivity index is 2.10. The van der Waals surface area contributed by atoms with E-state index < -0.39 is 0 Å². The SMILES string of the molecule is COc1ccc(Cl)cc1C=NCC(=O)c1ccc(O)c(O)c1. The lowest BCUT2D eigenvalue weighted by Crippen LogP contribution is -2.03. The Morgan fingerprint density at radius 2 is 2.00 bits per heavy atom. The van der Waals surface area contributed by atoms with E-state index in [2.05, 4.69) is 4.99 Å². The van der Waals surface area contributed by atoms with Gasteiger partial charge in [-0.1, -0.05) is 11.6 Å². The quantitative estimate of drug-likeness (QED) is 0.504. The Morgan fingerprint density at radius 1 is 1.23 bits per heavy atom. The fraction of sp³-hybridized carbons (Fsp3) is 0.125. The number of ketones is 1. The summed E-state index contributed by atoms with van der Waals surface area (Å²) in [6.07, 6.45) is 1.50. The van der Waals surface area contributed by atoms with Crippen molar-refractivity contribution in [1.82, 2.24) is 0 Å². The van der Waals surface area contributed by atoms with Gasteiger partial charge in [-0.05, 0) is 36.4 Å². The lowest BCUT2D eigenvalue weighted by Gasteiger charge is -2.04. The number of methoxy groups -OCH3 is 1. The predicted molar refractivity (Wildman–Crippen MR) is 84.6 cm³/mol. The van der Waals surface area contributed by atoms with E-state index >= 15 is 0 Å². The van der Waals surface area contributed by atoms with Crippen LogP contribution in [0, 0.1) is 0 Å². The van der Waals surface area contributed by atoms with E-state index in [-0.39, 0.29) is 29.4 Å². The summed E-state index contributed by atoms with van der Waals surface area (Å²) in [5.74, 6) is -0.300. The molecule has 0 saturated heterocycles. The van der Waals surface area contributed by atoms with Crippen LogP contribution in [0.5, 0.6) is 17.2 Å².